The van der Waals surface area contributed by atoms with E-state index in [1.54, 1.807) is 52.3 Å². The van der Waals surface area contributed by atoms with Crippen molar-refractivity contribution in [3.8, 4) is 34.1 Å². The van der Waals surface area contributed by atoms with Crippen molar-refractivity contribution in [2.24, 2.45) is 0 Å². The number of anilines is 1. The summed E-state index contributed by atoms with van der Waals surface area (Å²) in [6, 6.07) is 11.8. The maximum Gasteiger partial charge on any atom is 0.243 e. The van der Waals surface area contributed by atoms with Crippen LogP contribution in [0.5, 0.6) is 23.0 Å². The number of ether oxygens (including phenoxy) is 4. The number of methoxy groups -OCH3 is 4. The number of rotatable bonds is 12. The van der Waals surface area contributed by atoms with Crippen molar-refractivity contribution in [3.05, 3.63) is 75.1 Å². The Morgan fingerprint density at radius 3 is 2.43 bits per heavy atom. The molecule has 0 saturated carbocycles. The van der Waals surface area contributed by atoms with Gasteiger partial charge in [0.05, 0.1) is 46.2 Å². The van der Waals surface area contributed by atoms with Crippen molar-refractivity contribution in [3.63, 3.8) is 0 Å². The second-order valence-electron chi connectivity index (χ2n) is 13.0. The first-order valence-electron chi connectivity index (χ1n) is 17.2. The Morgan fingerprint density at radius 2 is 1.73 bits per heavy atom. The maximum atomic E-state index is 14.1. The van der Waals surface area contributed by atoms with Gasteiger partial charge in [-0.1, -0.05) is 6.07 Å². The SMILES string of the molecule is COc1ccc2[nH]c3c(c2c1)CCCC3NC(=O)[C@H](CCSC)Nc1ccc2c(cc1=O)[C@@H](NC(C)=O)CCc1cc(OC)c(OC)c(OC)c1-2. The Labute approximate surface area is 302 Å². The molecule has 11 nitrogen and oxygen atoms in total. The van der Waals surface area contributed by atoms with E-state index in [0.29, 0.717) is 47.8 Å². The van der Waals surface area contributed by atoms with E-state index in [1.807, 2.05) is 36.6 Å². The number of aryl methyl sites for hydroxylation is 2. The summed E-state index contributed by atoms with van der Waals surface area (Å²) >= 11 is 1.64. The van der Waals surface area contributed by atoms with E-state index in [9.17, 15) is 14.4 Å². The van der Waals surface area contributed by atoms with E-state index in [1.165, 1.54) is 12.5 Å². The van der Waals surface area contributed by atoms with Crippen molar-refractivity contribution in [2.45, 2.75) is 63.6 Å². The van der Waals surface area contributed by atoms with Crippen molar-refractivity contribution in [1.82, 2.24) is 15.6 Å². The Kier molecular flexibility index (Phi) is 11.0. The predicted octanol–water partition coefficient (Wildman–Crippen LogP) is 6.08. The molecule has 51 heavy (non-hydrogen) atoms. The molecular formula is C39H46N4O7S. The highest BCUT2D eigenvalue weighted by atomic mass is 32.2. The minimum absolute atomic E-state index is 0.175. The van der Waals surface area contributed by atoms with Gasteiger partial charge in [-0.2, -0.15) is 11.8 Å². The van der Waals surface area contributed by atoms with E-state index >= 15 is 0 Å². The number of hydrogen-bond donors (Lipinski definition) is 4. The van der Waals surface area contributed by atoms with Gasteiger partial charge >= 0.3 is 0 Å². The van der Waals surface area contributed by atoms with E-state index in [2.05, 4.69) is 20.9 Å². The smallest absolute Gasteiger partial charge is 0.243 e. The summed E-state index contributed by atoms with van der Waals surface area (Å²) in [7, 11) is 6.35. The van der Waals surface area contributed by atoms with Gasteiger partial charge in [0.25, 0.3) is 0 Å². The zero-order valence-electron chi connectivity index (χ0n) is 30.0. The zero-order valence-corrected chi connectivity index (χ0v) is 30.8. The summed E-state index contributed by atoms with van der Waals surface area (Å²) in [5, 5.41) is 10.8. The van der Waals surface area contributed by atoms with Crippen LogP contribution >= 0.6 is 11.8 Å². The number of amides is 2. The lowest BCUT2D eigenvalue weighted by atomic mass is 9.91. The lowest BCUT2D eigenvalue weighted by Gasteiger charge is -2.27. The van der Waals surface area contributed by atoms with E-state index in [4.69, 9.17) is 18.9 Å². The minimum atomic E-state index is -0.667. The summed E-state index contributed by atoms with van der Waals surface area (Å²) in [5.41, 5.74) is 6.30. The monoisotopic (exact) mass is 714 g/mol. The number of hydrogen-bond acceptors (Lipinski definition) is 9. The topological polar surface area (TPSA) is 140 Å². The molecule has 0 radical (unpaired) electrons. The zero-order chi connectivity index (χ0) is 36.2. The third-order valence-electron chi connectivity index (χ3n) is 9.90. The molecular weight excluding hydrogens is 669 g/mol. The van der Waals surface area contributed by atoms with Crippen molar-refractivity contribution >= 4 is 40.2 Å². The maximum absolute atomic E-state index is 14.1. The average Bonchev–Trinajstić information content (AvgIpc) is 3.35. The summed E-state index contributed by atoms with van der Waals surface area (Å²) in [6.45, 7) is 1.47. The Balaban J connectivity index is 1.37. The van der Waals surface area contributed by atoms with Gasteiger partial charge in [-0.05, 0) is 109 Å². The predicted molar refractivity (Wildman–Crippen MR) is 202 cm³/mol. The van der Waals surface area contributed by atoms with E-state index < -0.39 is 12.1 Å². The van der Waals surface area contributed by atoms with Crippen LogP contribution in [-0.4, -0.2) is 63.3 Å². The highest BCUT2D eigenvalue weighted by Gasteiger charge is 2.31. The molecule has 270 valence electrons. The molecule has 0 bridgehead atoms. The quantitative estimate of drug-likeness (QED) is 0.138. The molecule has 4 aromatic rings. The lowest BCUT2D eigenvalue weighted by Crippen LogP contribution is -2.43. The molecule has 0 aliphatic heterocycles. The number of H-pyrrole nitrogens is 1. The van der Waals surface area contributed by atoms with Gasteiger partial charge in [0.2, 0.25) is 23.0 Å². The largest absolute Gasteiger partial charge is 0.497 e. The molecule has 0 fully saturated rings. The Bertz CT molecular complexity index is 2010. The van der Waals surface area contributed by atoms with Gasteiger partial charge in [0.15, 0.2) is 11.5 Å². The first-order valence-corrected chi connectivity index (χ1v) is 18.6. The molecule has 2 aliphatic rings. The van der Waals surface area contributed by atoms with Crippen LogP contribution in [0.4, 0.5) is 5.69 Å². The molecule has 3 aromatic carbocycles. The Morgan fingerprint density at radius 1 is 0.922 bits per heavy atom. The van der Waals surface area contributed by atoms with Gasteiger partial charge in [-0.15, -0.1) is 0 Å². The van der Waals surface area contributed by atoms with Crippen LogP contribution in [0, 0.1) is 0 Å². The number of nitrogens with one attached hydrogen (secondary N) is 4. The summed E-state index contributed by atoms with van der Waals surface area (Å²) < 4.78 is 22.7. The van der Waals surface area contributed by atoms with Gasteiger partial charge in [0, 0.05) is 29.1 Å². The number of carbonyl (C=O) groups is 2. The normalized spacial score (nSPS) is 16.8. The number of aromatic nitrogens is 1. The number of aromatic amines is 1. The number of thioether (sulfide) groups is 1. The molecule has 1 unspecified atom stereocenters. The molecule has 4 N–H and O–H groups in total. The van der Waals surface area contributed by atoms with Crippen LogP contribution in [0.1, 0.15) is 67.1 Å². The van der Waals surface area contributed by atoms with E-state index in [0.717, 1.165) is 58.3 Å². The first-order chi connectivity index (χ1) is 24.7. The molecule has 6 rings (SSSR count). The lowest BCUT2D eigenvalue weighted by molar-refractivity contribution is -0.123. The molecule has 2 amide bonds. The van der Waals surface area contributed by atoms with Crippen molar-refractivity contribution < 1.29 is 28.5 Å². The fraction of sp³-hybridized carbons (Fsp3) is 0.410. The van der Waals surface area contributed by atoms with Crippen LogP contribution in [-0.2, 0) is 22.4 Å². The fourth-order valence-corrected chi connectivity index (χ4v) is 7.98. The highest BCUT2D eigenvalue weighted by molar-refractivity contribution is 7.98. The molecule has 3 atom stereocenters. The van der Waals surface area contributed by atoms with Crippen LogP contribution < -0.4 is 40.3 Å². The van der Waals surface area contributed by atoms with E-state index in [-0.39, 0.29) is 29.0 Å². The van der Waals surface area contributed by atoms with Crippen LogP contribution in [0.25, 0.3) is 22.0 Å². The molecule has 0 saturated heterocycles. The number of carbonyl (C=O) groups excluding carboxylic acids is 2. The second kappa shape index (κ2) is 15.6. The van der Waals surface area contributed by atoms with Crippen molar-refractivity contribution in [1.29, 1.82) is 0 Å². The van der Waals surface area contributed by atoms with Gasteiger partial charge in [-0.25, -0.2) is 0 Å². The standard InChI is InChI=1S/C39H46N4O7S/c1-21(44)40-28-13-10-22-18-34(48-3)37(49-4)38(50-5)35(22)24-12-15-30(33(45)20-27(24)28)41-32(16-17-51-6)39(46)43-31-9-7-8-25-26-19-23(47-2)11-14-29(26)42-36(25)31/h11-12,14-15,18-20,28,31-32,42H,7-10,13,16-17H2,1-6H3,(H,40,44)(H,41,45)(H,43,46)/t28-,31?,32-/m0/s1. The molecule has 0 spiro atoms. The van der Waals surface area contributed by atoms with Gasteiger partial charge in [-0.3, -0.25) is 14.4 Å². The fourth-order valence-electron chi connectivity index (χ4n) is 7.50. The molecule has 2 aliphatic carbocycles. The Hall–Kier alpha value is -4.84. The van der Waals surface area contributed by atoms with Gasteiger partial charge in [0.1, 0.15) is 11.8 Å². The third-order valence-corrected chi connectivity index (χ3v) is 10.5. The van der Waals surface area contributed by atoms with Gasteiger partial charge < -0.3 is 39.9 Å². The number of benzene rings is 2. The molecule has 1 heterocycles. The molecule has 1 aromatic heterocycles. The number of fused-ring (bicyclic) bond motifs is 6. The second-order valence-corrected chi connectivity index (χ2v) is 13.9. The average molecular weight is 715 g/mol. The van der Waals surface area contributed by atoms with Crippen LogP contribution in [0.2, 0.25) is 0 Å². The highest BCUT2D eigenvalue weighted by Crippen LogP contribution is 2.50. The summed E-state index contributed by atoms with van der Waals surface area (Å²) in [5.74, 6) is 2.57. The van der Waals surface area contributed by atoms with Crippen LogP contribution in [0.3, 0.4) is 0 Å². The minimum Gasteiger partial charge on any atom is -0.497 e. The molecule has 12 heteroatoms. The van der Waals surface area contributed by atoms with Crippen LogP contribution in [0.15, 0.2) is 47.3 Å². The first kappa shape index (κ1) is 36.0. The summed E-state index contributed by atoms with van der Waals surface area (Å²) in [6.07, 6.45) is 6.31. The summed E-state index contributed by atoms with van der Waals surface area (Å²) in [4.78, 5) is 44.1. The van der Waals surface area contributed by atoms with Crippen molar-refractivity contribution in [2.75, 3.05) is 45.8 Å². The third kappa shape index (κ3) is 7.19.